The van der Waals surface area contributed by atoms with Gasteiger partial charge in [0.1, 0.15) is 5.75 Å². The fourth-order valence-corrected chi connectivity index (χ4v) is 10.6. The van der Waals surface area contributed by atoms with Crippen molar-refractivity contribution in [3.63, 3.8) is 0 Å². The first-order chi connectivity index (χ1) is 27.1. The molecule has 310 valence electrons. The number of halogens is 3. The smallest absolute Gasteiger partial charge is 0.301 e. The maximum atomic E-state index is 14.0. The van der Waals surface area contributed by atoms with E-state index < -0.39 is 45.4 Å². The highest BCUT2D eigenvalue weighted by molar-refractivity contribution is 7.88. The van der Waals surface area contributed by atoms with Crippen LogP contribution in [0.5, 0.6) is 5.75 Å². The van der Waals surface area contributed by atoms with Crippen molar-refractivity contribution in [1.82, 2.24) is 19.2 Å². The number of amides is 2. The quantitative estimate of drug-likeness (QED) is 0.333. The van der Waals surface area contributed by atoms with Gasteiger partial charge in [0.2, 0.25) is 5.91 Å². The molecule has 6 aliphatic rings. The Morgan fingerprint density at radius 2 is 1.91 bits per heavy atom. The molecule has 1 saturated heterocycles. The van der Waals surface area contributed by atoms with Crippen LogP contribution >= 0.6 is 11.6 Å². The molecule has 1 spiro atoms. The second-order valence-corrected chi connectivity index (χ2v) is 19.0. The third-order valence-corrected chi connectivity index (χ3v) is 14.1. The lowest BCUT2D eigenvalue weighted by Gasteiger charge is -2.46. The first-order valence-corrected chi connectivity index (χ1v) is 22.0. The molecule has 3 heterocycles. The highest BCUT2D eigenvalue weighted by Gasteiger charge is 2.48. The van der Waals surface area contributed by atoms with Gasteiger partial charge in [0.05, 0.1) is 44.5 Å². The standard InChI is InChI=1S/C41H52ClF2N5O7S/c1-47-16-3-2-6-35(55-18-17-48-24-40(43,44)25-48)32-12-7-28(32)22-49-23-39(15-4-5-27-19-30(42)9-13-33(27)39)26-56-36-14-8-29(20-34(36)49)41(52,21-37(47)50)38(51)46-57(53,54)45-31-10-11-31/h2,6,8-9,13-14,19-20,28,31-32,35,45,52H,3-5,7,10-12,15-18,21-26H2,1H3,(H,46,51)/b6-2+/t28-,32+,35-,39-,41+/m0/s1. The number of benzene rings is 2. The van der Waals surface area contributed by atoms with Gasteiger partial charge in [-0.2, -0.15) is 13.1 Å². The van der Waals surface area contributed by atoms with Crippen molar-refractivity contribution < 1.29 is 41.4 Å². The number of hydrogen-bond donors (Lipinski definition) is 3. The van der Waals surface area contributed by atoms with Crippen LogP contribution in [0.3, 0.4) is 0 Å². The van der Waals surface area contributed by atoms with Crippen molar-refractivity contribution in [1.29, 1.82) is 0 Å². The van der Waals surface area contributed by atoms with Gasteiger partial charge in [-0.25, -0.2) is 13.5 Å². The molecule has 0 radical (unpaired) electrons. The number of hydrogen-bond acceptors (Lipinski definition) is 9. The lowest BCUT2D eigenvalue weighted by atomic mass is 9.68. The van der Waals surface area contributed by atoms with Crippen LogP contribution < -0.4 is 19.1 Å². The Labute approximate surface area is 338 Å². The number of aliphatic hydroxyl groups is 1. The molecular weight excluding hydrogens is 780 g/mol. The summed E-state index contributed by atoms with van der Waals surface area (Å²) in [6, 6.07) is 10.6. The third kappa shape index (κ3) is 8.70. The minimum atomic E-state index is -4.33. The molecule has 2 amide bonds. The molecule has 3 aliphatic carbocycles. The highest BCUT2D eigenvalue weighted by Crippen LogP contribution is 2.48. The molecule has 2 aromatic rings. The minimum Gasteiger partial charge on any atom is -0.490 e. The second-order valence-electron chi connectivity index (χ2n) is 17.1. The fraction of sp³-hybridized carbons (Fsp3) is 0.610. The van der Waals surface area contributed by atoms with Crippen LogP contribution in [0, 0.1) is 11.8 Å². The first kappa shape index (κ1) is 40.4. The average Bonchev–Trinajstić information content (AvgIpc) is 3.96. The van der Waals surface area contributed by atoms with Crippen molar-refractivity contribution >= 4 is 39.3 Å². The molecule has 2 saturated carbocycles. The molecule has 5 atom stereocenters. The summed E-state index contributed by atoms with van der Waals surface area (Å²) in [5, 5.41) is 13.0. The molecule has 0 unspecified atom stereocenters. The van der Waals surface area contributed by atoms with Gasteiger partial charge >= 0.3 is 10.2 Å². The fourth-order valence-electron chi connectivity index (χ4n) is 9.26. The van der Waals surface area contributed by atoms with E-state index in [1.165, 1.54) is 22.1 Å². The summed E-state index contributed by atoms with van der Waals surface area (Å²) in [5.74, 6) is -3.59. The predicted molar refractivity (Wildman–Crippen MR) is 211 cm³/mol. The van der Waals surface area contributed by atoms with Crippen LogP contribution in [0.15, 0.2) is 48.6 Å². The van der Waals surface area contributed by atoms with Crippen LogP contribution in [-0.4, -0.2) is 113 Å². The predicted octanol–water partition coefficient (Wildman–Crippen LogP) is 4.28. The summed E-state index contributed by atoms with van der Waals surface area (Å²) >= 11 is 6.48. The van der Waals surface area contributed by atoms with Crippen molar-refractivity contribution in [2.75, 3.05) is 64.4 Å². The SMILES string of the molecule is CN1CC/C=C/[C@H](OCCN2CC(F)(F)C2)[C@@H]2CC[C@H]2CN2C[C@@]3(CCCc4cc(Cl)ccc43)COc3ccc(cc32)[C@@](O)(C(=O)NS(=O)(=O)NC2CC2)CC1=O. The summed E-state index contributed by atoms with van der Waals surface area (Å²) in [4.78, 5) is 33.2. The molecule has 0 aromatic heterocycles. The van der Waals surface area contributed by atoms with Gasteiger partial charge in [-0.15, -0.1) is 0 Å². The first-order valence-electron chi connectivity index (χ1n) is 20.1. The number of nitrogens with one attached hydrogen (secondary N) is 2. The molecule has 2 aromatic carbocycles. The maximum absolute atomic E-state index is 14.0. The van der Waals surface area contributed by atoms with Gasteiger partial charge < -0.3 is 24.4 Å². The number of nitrogens with zero attached hydrogens (tertiary/aromatic N) is 3. The average molecular weight is 832 g/mol. The van der Waals surface area contributed by atoms with Gasteiger partial charge in [-0.05, 0) is 104 Å². The Bertz CT molecular complexity index is 2010. The number of likely N-dealkylation sites (tertiary alicyclic amines) is 1. The lowest BCUT2D eigenvalue weighted by Crippen LogP contribution is -2.57. The van der Waals surface area contributed by atoms with Crippen molar-refractivity contribution in [3.8, 4) is 5.75 Å². The largest absolute Gasteiger partial charge is 0.490 e. The van der Waals surface area contributed by atoms with E-state index in [1.807, 2.05) is 29.0 Å². The van der Waals surface area contributed by atoms with E-state index >= 15 is 0 Å². The molecule has 16 heteroatoms. The van der Waals surface area contributed by atoms with Crippen LogP contribution in [0.25, 0.3) is 0 Å². The van der Waals surface area contributed by atoms with Gasteiger partial charge in [0, 0.05) is 49.7 Å². The van der Waals surface area contributed by atoms with Crippen LogP contribution in [-0.2, 0) is 42.0 Å². The van der Waals surface area contributed by atoms with Crippen LogP contribution in [0.1, 0.15) is 68.1 Å². The molecular formula is C41H52ClF2N5O7S. The van der Waals surface area contributed by atoms with E-state index in [4.69, 9.17) is 21.1 Å². The van der Waals surface area contributed by atoms with E-state index in [0.717, 1.165) is 32.1 Å². The van der Waals surface area contributed by atoms with Gasteiger partial charge in [-0.3, -0.25) is 14.5 Å². The van der Waals surface area contributed by atoms with Crippen molar-refractivity contribution in [2.45, 2.75) is 86.9 Å². The number of ether oxygens (including phenoxy) is 2. The summed E-state index contributed by atoms with van der Waals surface area (Å²) in [7, 11) is -2.76. The summed E-state index contributed by atoms with van der Waals surface area (Å²) in [6.07, 6.45) is 9.27. The summed E-state index contributed by atoms with van der Waals surface area (Å²) in [6.45, 7) is 1.98. The monoisotopic (exact) mass is 831 g/mol. The molecule has 3 N–H and O–H groups in total. The number of rotatable bonds is 8. The summed E-state index contributed by atoms with van der Waals surface area (Å²) in [5.41, 5.74) is 0.0727. The van der Waals surface area contributed by atoms with E-state index in [-0.39, 0.29) is 49.2 Å². The Hall–Kier alpha value is -3.34. The van der Waals surface area contributed by atoms with E-state index in [1.54, 1.807) is 24.1 Å². The zero-order chi connectivity index (χ0) is 40.2. The Kier molecular flexibility index (Phi) is 11.1. The zero-order valence-electron chi connectivity index (χ0n) is 32.2. The number of aryl methyl sites for hydroxylation is 1. The summed E-state index contributed by atoms with van der Waals surface area (Å²) < 4.78 is 70.6. The molecule has 3 fully saturated rings. The zero-order valence-corrected chi connectivity index (χ0v) is 33.8. The van der Waals surface area contributed by atoms with E-state index in [2.05, 4.69) is 15.7 Å². The number of anilines is 1. The molecule has 2 bridgehead atoms. The molecule has 57 heavy (non-hydrogen) atoms. The lowest BCUT2D eigenvalue weighted by molar-refractivity contribution is -0.148. The molecule has 3 aliphatic heterocycles. The van der Waals surface area contributed by atoms with Crippen LogP contribution in [0.4, 0.5) is 14.5 Å². The third-order valence-electron chi connectivity index (χ3n) is 12.8. The minimum absolute atomic E-state index is 0.0671. The van der Waals surface area contributed by atoms with Crippen molar-refractivity contribution in [3.05, 3.63) is 70.3 Å². The van der Waals surface area contributed by atoms with E-state index in [0.29, 0.717) is 68.6 Å². The van der Waals surface area contributed by atoms with E-state index in [9.17, 15) is 31.9 Å². The Balaban J connectivity index is 1.16. The molecule has 8 rings (SSSR count). The highest BCUT2D eigenvalue weighted by atomic mass is 35.5. The number of fused-ring (bicyclic) bond motifs is 4. The van der Waals surface area contributed by atoms with Gasteiger partial charge in [-0.1, -0.05) is 35.9 Å². The topological polar surface area (TPSA) is 141 Å². The van der Waals surface area contributed by atoms with Crippen LogP contribution in [0.2, 0.25) is 5.02 Å². The second kappa shape index (κ2) is 15.7. The normalized spacial score (nSPS) is 30.9. The number of carbonyl (C=O) groups is 2. The number of alkyl halides is 2. The van der Waals surface area contributed by atoms with Gasteiger partial charge in [0.25, 0.3) is 11.8 Å². The van der Waals surface area contributed by atoms with Gasteiger partial charge in [0.15, 0.2) is 5.60 Å². The number of carbonyl (C=O) groups excluding carboxylic acids is 2. The Morgan fingerprint density at radius 1 is 1.11 bits per heavy atom. The maximum Gasteiger partial charge on any atom is 0.301 e. The Morgan fingerprint density at radius 3 is 2.65 bits per heavy atom. The molecule has 12 nitrogen and oxygen atoms in total. The van der Waals surface area contributed by atoms with Crippen molar-refractivity contribution in [2.24, 2.45) is 11.8 Å².